The van der Waals surface area contributed by atoms with E-state index in [0.717, 1.165) is 10.0 Å². The van der Waals surface area contributed by atoms with Gasteiger partial charge in [0.1, 0.15) is 11.5 Å². The van der Waals surface area contributed by atoms with Crippen molar-refractivity contribution in [1.82, 2.24) is 16.2 Å². The first-order chi connectivity index (χ1) is 14.2. The molecule has 0 aliphatic heterocycles. The van der Waals surface area contributed by atoms with Crippen molar-refractivity contribution in [2.75, 3.05) is 13.2 Å². The summed E-state index contributed by atoms with van der Waals surface area (Å²) in [5.41, 5.74) is 6.31. The van der Waals surface area contributed by atoms with E-state index in [-0.39, 0.29) is 11.7 Å². The van der Waals surface area contributed by atoms with Crippen molar-refractivity contribution in [3.05, 3.63) is 58.1 Å². The Morgan fingerprint density at radius 2 is 1.87 bits per heavy atom. The van der Waals surface area contributed by atoms with E-state index in [4.69, 9.17) is 21.7 Å². The molecule has 0 aliphatic carbocycles. The molecular formula is C21H24BrN3O4S. The Labute approximate surface area is 189 Å². The number of hydrogen-bond donors (Lipinski definition) is 3. The Morgan fingerprint density at radius 3 is 2.57 bits per heavy atom. The second kappa shape index (κ2) is 11.5. The SMILES string of the molecule is Cc1ccc(OCC(=O)NNC(=S)NC(=O)c2cccc(OCC(C)C)c2)c(Br)c1. The zero-order chi connectivity index (χ0) is 22.1. The number of carbonyl (C=O) groups is 2. The fourth-order valence-corrected chi connectivity index (χ4v) is 2.98. The van der Waals surface area contributed by atoms with E-state index in [1.54, 1.807) is 30.3 Å². The van der Waals surface area contributed by atoms with Crippen LogP contribution in [0.4, 0.5) is 0 Å². The third-order valence-electron chi connectivity index (χ3n) is 3.67. The van der Waals surface area contributed by atoms with Gasteiger partial charge in [-0.05, 0) is 76.9 Å². The van der Waals surface area contributed by atoms with E-state index in [0.29, 0.717) is 29.6 Å². The largest absolute Gasteiger partial charge is 0.493 e. The van der Waals surface area contributed by atoms with Gasteiger partial charge < -0.3 is 9.47 Å². The third-order valence-corrected chi connectivity index (χ3v) is 4.49. The standard InChI is InChI=1S/C21H24BrN3O4S/c1-13(2)11-28-16-6-4-5-15(10-16)20(27)23-21(30)25-24-19(26)12-29-18-8-7-14(3)9-17(18)22/h4-10,13H,11-12H2,1-3H3,(H,24,26)(H2,23,25,27,30). The van der Waals surface area contributed by atoms with Gasteiger partial charge in [0.05, 0.1) is 11.1 Å². The normalized spacial score (nSPS) is 10.3. The quantitative estimate of drug-likeness (QED) is 0.404. The van der Waals surface area contributed by atoms with Gasteiger partial charge in [-0.15, -0.1) is 0 Å². The molecular weight excluding hydrogens is 470 g/mol. The average molecular weight is 494 g/mol. The Kier molecular flexibility index (Phi) is 9.07. The number of amides is 2. The highest BCUT2D eigenvalue weighted by molar-refractivity contribution is 9.10. The molecule has 0 radical (unpaired) electrons. The van der Waals surface area contributed by atoms with E-state index in [1.807, 2.05) is 32.9 Å². The fourth-order valence-electron chi connectivity index (χ4n) is 2.23. The van der Waals surface area contributed by atoms with Crippen LogP contribution in [0.25, 0.3) is 0 Å². The first-order valence-electron chi connectivity index (χ1n) is 9.26. The minimum Gasteiger partial charge on any atom is -0.493 e. The maximum atomic E-state index is 12.3. The molecule has 0 unspecified atom stereocenters. The molecule has 0 saturated carbocycles. The van der Waals surface area contributed by atoms with Crippen LogP contribution in [0.5, 0.6) is 11.5 Å². The Morgan fingerprint density at radius 1 is 1.10 bits per heavy atom. The molecule has 0 fully saturated rings. The summed E-state index contributed by atoms with van der Waals surface area (Å²) in [6.45, 7) is 6.37. The predicted molar refractivity (Wildman–Crippen MR) is 122 cm³/mol. The molecule has 0 aliphatic rings. The van der Waals surface area contributed by atoms with E-state index in [1.165, 1.54) is 0 Å². The number of hydrazine groups is 1. The summed E-state index contributed by atoms with van der Waals surface area (Å²) in [6.07, 6.45) is 0. The Hall–Kier alpha value is -2.65. The summed E-state index contributed by atoms with van der Waals surface area (Å²) in [4.78, 5) is 24.3. The number of benzene rings is 2. The lowest BCUT2D eigenvalue weighted by Crippen LogP contribution is -2.49. The number of thiocarbonyl (C=S) groups is 1. The maximum Gasteiger partial charge on any atom is 0.276 e. The molecule has 2 amide bonds. The van der Waals surface area contributed by atoms with Gasteiger partial charge in [0, 0.05) is 5.56 Å². The number of halogens is 1. The molecule has 7 nitrogen and oxygen atoms in total. The highest BCUT2D eigenvalue weighted by Crippen LogP contribution is 2.25. The van der Waals surface area contributed by atoms with Crippen LogP contribution in [0.2, 0.25) is 0 Å². The van der Waals surface area contributed by atoms with Gasteiger partial charge in [-0.3, -0.25) is 25.8 Å². The number of aryl methyl sites for hydroxylation is 1. The summed E-state index contributed by atoms with van der Waals surface area (Å²) in [5.74, 6) is 0.646. The van der Waals surface area contributed by atoms with Crippen LogP contribution >= 0.6 is 28.1 Å². The lowest BCUT2D eigenvalue weighted by Gasteiger charge is -2.13. The molecule has 3 N–H and O–H groups in total. The first kappa shape index (κ1) is 23.6. The first-order valence-corrected chi connectivity index (χ1v) is 10.5. The smallest absolute Gasteiger partial charge is 0.276 e. The van der Waals surface area contributed by atoms with Crippen molar-refractivity contribution in [1.29, 1.82) is 0 Å². The highest BCUT2D eigenvalue weighted by Gasteiger charge is 2.11. The number of hydrogen-bond acceptors (Lipinski definition) is 5. The Bertz CT molecular complexity index is 921. The molecule has 0 bridgehead atoms. The average Bonchev–Trinajstić information content (AvgIpc) is 2.70. The Balaban J connectivity index is 1.77. The van der Waals surface area contributed by atoms with E-state index in [2.05, 4.69) is 32.1 Å². The van der Waals surface area contributed by atoms with Crippen molar-refractivity contribution in [3.63, 3.8) is 0 Å². The van der Waals surface area contributed by atoms with Gasteiger partial charge in [-0.2, -0.15) is 0 Å². The van der Waals surface area contributed by atoms with Gasteiger partial charge in [-0.1, -0.05) is 26.0 Å². The van der Waals surface area contributed by atoms with Crippen LogP contribution < -0.4 is 25.6 Å². The maximum absolute atomic E-state index is 12.3. The molecule has 30 heavy (non-hydrogen) atoms. The molecule has 2 rings (SSSR count). The van der Waals surface area contributed by atoms with E-state index < -0.39 is 11.8 Å². The van der Waals surface area contributed by atoms with Crippen molar-refractivity contribution in [2.24, 2.45) is 5.92 Å². The zero-order valence-corrected chi connectivity index (χ0v) is 19.4. The van der Waals surface area contributed by atoms with Gasteiger partial charge in [0.2, 0.25) is 0 Å². The number of rotatable bonds is 7. The van der Waals surface area contributed by atoms with Gasteiger partial charge in [0.25, 0.3) is 11.8 Å². The number of ether oxygens (including phenoxy) is 2. The number of nitrogens with one attached hydrogen (secondary N) is 3. The lowest BCUT2D eigenvalue weighted by atomic mass is 10.2. The van der Waals surface area contributed by atoms with Crippen LogP contribution in [0, 0.1) is 12.8 Å². The van der Waals surface area contributed by atoms with E-state index >= 15 is 0 Å². The zero-order valence-electron chi connectivity index (χ0n) is 17.0. The lowest BCUT2D eigenvalue weighted by molar-refractivity contribution is -0.123. The summed E-state index contributed by atoms with van der Waals surface area (Å²) in [7, 11) is 0. The predicted octanol–water partition coefficient (Wildman–Crippen LogP) is 3.51. The molecule has 0 aromatic heterocycles. The summed E-state index contributed by atoms with van der Waals surface area (Å²) in [6, 6.07) is 12.3. The van der Waals surface area contributed by atoms with Crippen molar-refractivity contribution >= 4 is 45.1 Å². The van der Waals surface area contributed by atoms with Crippen molar-refractivity contribution in [2.45, 2.75) is 20.8 Å². The van der Waals surface area contributed by atoms with Gasteiger partial charge in [0.15, 0.2) is 11.7 Å². The molecule has 9 heteroatoms. The minimum atomic E-state index is -0.455. The van der Waals surface area contributed by atoms with Gasteiger partial charge in [-0.25, -0.2) is 0 Å². The molecule has 2 aromatic rings. The molecule has 0 saturated heterocycles. The van der Waals surface area contributed by atoms with E-state index in [9.17, 15) is 9.59 Å². The molecule has 0 atom stereocenters. The van der Waals surface area contributed by atoms with Crippen LogP contribution in [-0.2, 0) is 4.79 Å². The topological polar surface area (TPSA) is 88.7 Å². The van der Waals surface area contributed by atoms with Crippen molar-refractivity contribution < 1.29 is 19.1 Å². The number of carbonyl (C=O) groups excluding carboxylic acids is 2. The van der Waals surface area contributed by atoms with Crippen LogP contribution in [0.1, 0.15) is 29.8 Å². The van der Waals surface area contributed by atoms with Crippen LogP contribution in [0.3, 0.4) is 0 Å². The fraction of sp³-hybridized carbons (Fsp3) is 0.286. The van der Waals surface area contributed by atoms with Gasteiger partial charge >= 0.3 is 0 Å². The van der Waals surface area contributed by atoms with Crippen LogP contribution in [-0.4, -0.2) is 30.1 Å². The molecule has 0 spiro atoms. The third kappa shape index (κ3) is 8.00. The molecule has 160 valence electrons. The monoisotopic (exact) mass is 493 g/mol. The highest BCUT2D eigenvalue weighted by atomic mass is 79.9. The summed E-state index contributed by atoms with van der Waals surface area (Å²) in [5, 5.41) is 2.45. The van der Waals surface area contributed by atoms with Crippen LogP contribution in [0.15, 0.2) is 46.9 Å². The second-order valence-electron chi connectivity index (χ2n) is 6.91. The van der Waals surface area contributed by atoms with Crippen molar-refractivity contribution in [3.8, 4) is 11.5 Å². The molecule has 2 aromatic carbocycles. The minimum absolute atomic E-state index is 0.0432. The molecule has 0 heterocycles. The summed E-state index contributed by atoms with van der Waals surface area (Å²) < 4.78 is 11.8. The second-order valence-corrected chi connectivity index (χ2v) is 8.17. The summed E-state index contributed by atoms with van der Waals surface area (Å²) >= 11 is 8.42.